The third kappa shape index (κ3) is 7.40. The van der Waals surface area contributed by atoms with Crippen LogP contribution in [0, 0.1) is 27.7 Å². The molecule has 4 nitrogen and oxygen atoms in total. The summed E-state index contributed by atoms with van der Waals surface area (Å²) in [6.07, 6.45) is 1.50. The van der Waals surface area contributed by atoms with Crippen LogP contribution in [0.5, 0.6) is 0 Å². The van der Waals surface area contributed by atoms with Crippen LogP contribution in [-0.4, -0.2) is 11.8 Å². The second kappa shape index (κ2) is 11.7. The lowest BCUT2D eigenvalue weighted by molar-refractivity contribution is -0.116. The molecule has 4 heteroatoms. The van der Waals surface area contributed by atoms with Gasteiger partial charge in [-0.25, -0.2) is 0 Å². The lowest BCUT2D eigenvalue weighted by Crippen LogP contribution is -2.15. The highest BCUT2D eigenvalue weighted by Crippen LogP contribution is 2.18. The minimum absolute atomic E-state index is 0.0186. The summed E-state index contributed by atoms with van der Waals surface area (Å²) in [5, 5.41) is 5.99. The Kier molecular flexibility index (Phi) is 8.19. The number of carbonyl (C=O) groups is 2. The monoisotopic (exact) mass is 490 g/mol. The topological polar surface area (TPSA) is 58.2 Å². The molecule has 0 radical (unpaired) electrons. The largest absolute Gasteiger partial charge is 0.326 e. The fourth-order valence-electron chi connectivity index (χ4n) is 4.49. The molecule has 0 unspecified atom stereocenters. The normalized spacial score (nSPS) is 10.7. The van der Waals surface area contributed by atoms with Crippen molar-refractivity contribution in [2.45, 2.75) is 47.0 Å². The Morgan fingerprint density at radius 2 is 0.919 bits per heavy atom. The van der Waals surface area contributed by atoms with Gasteiger partial charge >= 0.3 is 0 Å². The average molecular weight is 491 g/mol. The highest BCUT2D eigenvalue weighted by Gasteiger charge is 2.09. The Labute approximate surface area is 219 Å². The fraction of sp³-hybridized carbons (Fsp3) is 0.212. The van der Waals surface area contributed by atoms with Gasteiger partial charge in [-0.3, -0.25) is 9.59 Å². The molecule has 0 aliphatic heterocycles. The van der Waals surface area contributed by atoms with Crippen LogP contribution in [0.1, 0.15) is 44.5 Å². The predicted molar refractivity (Wildman–Crippen MR) is 152 cm³/mol. The summed E-state index contributed by atoms with van der Waals surface area (Å²) >= 11 is 0. The van der Waals surface area contributed by atoms with E-state index in [2.05, 4.69) is 36.6 Å². The van der Waals surface area contributed by atoms with Gasteiger partial charge in [0.25, 0.3) is 0 Å². The Hall–Kier alpha value is -4.18. The van der Waals surface area contributed by atoms with E-state index in [1.54, 1.807) is 0 Å². The summed E-state index contributed by atoms with van der Waals surface area (Å²) in [4.78, 5) is 25.0. The third-order valence-electron chi connectivity index (χ3n) is 6.58. The molecule has 0 aromatic heterocycles. The summed E-state index contributed by atoms with van der Waals surface area (Å²) < 4.78 is 0. The van der Waals surface area contributed by atoms with Crippen LogP contribution in [0.4, 0.5) is 11.4 Å². The summed E-state index contributed by atoms with van der Waals surface area (Å²) in [7, 11) is 0. The zero-order valence-electron chi connectivity index (χ0n) is 22.0. The van der Waals surface area contributed by atoms with E-state index in [0.29, 0.717) is 12.8 Å². The molecular formula is C33H34N2O2. The van der Waals surface area contributed by atoms with E-state index in [1.165, 1.54) is 11.1 Å². The van der Waals surface area contributed by atoms with E-state index in [9.17, 15) is 9.59 Å². The van der Waals surface area contributed by atoms with Gasteiger partial charge in [0.1, 0.15) is 0 Å². The minimum atomic E-state index is -0.0186. The summed E-state index contributed by atoms with van der Waals surface area (Å²) in [5.74, 6) is -0.0373. The second-order valence-corrected chi connectivity index (χ2v) is 9.88. The van der Waals surface area contributed by atoms with Crippen LogP contribution in [0.3, 0.4) is 0 Å². The van der Waals surface area contributed by atoms with Gasteiger partial charge in [0.15, 0.2) is 0 Å². The first-order valence-corrected chi connectivity index (χ1v) is 12.6. The molecular weight excluding hydrogens is 456 g/mol. The molecule has 2 N–H and O–H groups in total. The fourth-order valence-corrected chi connectivity index (χ4v) is 4.49. The number of nitrogens with one attached hydrogen (secondary N) is 2. The maximum atomic E-state index is 12.5. The molecule has 0 saturated heterocycles. The van der Waals surface area contributed by atoms with Gasteiger partial charge in [-0.15, -0.1) is 0 Å². The molecule has 4 aromatic carbocycles. The van der Waals surface area contributed by atoms with Crippen molar-refractivity contribution in [2.24, 2.45) is 0 Å². The molecule has 0 aliphatic carbocycles. The number of anilines is 2. The van der Waals surface area contributed by atoms with E-state index in [1.807, 2.05) is 86.6 Å². The lowest BCUT2D eigenvalue weighted by atomic mass is 10.0. The molecule has 0 spiro atoms. The minimum Gasteiger partial charge on any atom is -0.326 e. The molecule has 4 rings (SSSR count). The highest BCUT2D eigenvalue weighted by molar-refractivity contribution is 5.93. The summed E-state index contributed by atoms with van der Waals surface area (Å²) in [6.45, 7) is 8.19. The second-order valence-electron chi connectivity index (χ2n) is 9.88. The Morgan fingerprint density at radius 1 is 0.541 bits per heavy atom. The van der Waals surface area contributed by atoms with E-state index >= 15 is 0 Å². The van der Waals surface area contributed by atoms with Gasteiger partial charge < -0.3 is 10.6 Å². The zero-order valence-corrected chi connectivity index (χ0v) is 22.0. The molecule has 0 bridgehead atoms. The number of amides is 2. The Bertz CT molecular complexity index is 1290. The van der Waals surface area contributed by atoms with Crippen molar-refractivity contribution in [2.75, 3.05) is 10.6 Å². The number of rotatable bonds is 8. The van der Waals surface area contributed by atoms with Gasteiger partial charge in [-0.2, -0.15) is 0 Å². The first-order chi connectivity index (χ1) is 17.7. The maximum absolute atomic E-state index is 12.5. The number of carbonyl (C=O) groups excluding carboxylic acids is 2. The van der Waals surface area contributed by atoms with Crippen LogP contribution in [0.25, 0.3) is 0 Å². The van der Waals surface area contributed by atoms with E-state index < -0.39 is 0 Å². The van der Waals surface area contributed by atoms with Crippen LogP contribution in [0.2, 0.25) is 0 Å². The highest BCUT2D eigenvalue weighted by atomic mass is 16.2. The SMILES string of the molecule is Cc1ccc(CC(=O)Nc2ccc(Cc3ccc(NC(=O)Cc4ccc(C)cc4C)cc3)cc2)c(C)c1. The molecule has 188 valence electrons. The van der Waals surface area contributed by atoms with E-state index in [0.717, 1.165) is 51.2 Å². The number of aryl methyl sites for hydroxylation is 4. The zero-order chi connectivity index (χ0) is 26.4. The maximum Gasteiger partial charge on any atom is 0.228 e. The van der Waals surface area contributed by atoms with Gasteiger partial charge in [0.05, 0.1) is 12.8 Å². The summed E-state index contributed by atoms with van der Waals surface area (Å²) in [5.41, 5.74) is 10.7. The molecule has 0 aliphatic rings. The molecule has 0 heterocycles. The van der Waals surface area contributed by atoms with Crippen LogP contribution < -0.4 is 10.6 Å². The lowest BCUT2D eigenvalue weighted by Gasteiger charge is -2.10. The van der Waals surface area contributed by atoms with Crippen LogP contribution in [-0.2, 0) is 28.9 Å². The van der Waals surface area contributed by atoms with Crippen molar-refractivity contribution in [3.05, 3.63) is 129 Å². The van der Waals surface area contributed by atoms with Gasteiger partial charge in [-0.05, 0) is 91.8 Å². The quantitative estimate of drug-likeness (QED) is 0.283. The summed E-state index contributed by atoms with van der Waals surface area (Å²) in [6, 6.07) is 28.2. The van der Waals surface area contributed by atoms with Crippen LogP contribution >= 0.6 is 0 Å². The molecule has 0 atom stereocenters. The standard InChI is InChI=1S/C33H34N2O2/c1-22-5-11-28(24(3)17-22)20-32(36)34-30-13-7-26(8-14-30)19-27-9-15-31(16-10-27)35-33(37)21-29-12-6-23(2)18-25(29)4/h5-18H,19-21H2,1-4H3,(H,34,36)(H,35,37). The van der Waals surface area contributed by atoms with Crippen molar-refractivity contribution in [3.8, 4) is 0 Å². The molecule has 2 amide bonds. The van der Waals surface area contributed by atoms with Crippen molar-refractivity contribution in [3.63, 3.8) is 0 Å². The molecule has 0 fully saturated rings. The van der Waals surface area contributed by atoms with E-state index in [4.69, 9.17) is 0 Å². The Balaban J connectivity index is 1.28. The number of benzene rings is 4. The average Bonchev–Trinajstić information content (AvgIpc) is 2.85. The first-order valence-electron chi connectivity index (χ1n) is 12.6. The first kappa shape index (κ1) is 25.9. The van der Waals surface area contributed by atoms with E-state index in [-0.39, 0.29) is 11.8 Å². The van der Waals surface area contributed by atoms with Gasteiger partial charge in [-0.1, -0.05) is 71.8 Å². The smallest absolute Gasteiger partial charge is 0.228 e. The molecule has 4 aromatic rings. The third-order valence-corrected chi connectivity index (χ3v) is 6.58. The van der Waals surface area contributed by atoms with Crippen molar-refractivity contribution < 1.29 is 9.59 Å². The van der Waals surface area contributed by atoms with Gasteiger partial charge in [0, 0.05) is 11.4 Å². The van der Waals surface area contributed by atoms with Crippen LogP contribution in [0.15, 0.2) is 84.9 Å². The van der Waals surface area contributed by atoms with Crippen molar-refractivity contribution in [1.29, 1.82) is 0 Å². The Morgan fingerprint density at radius 3 is 1.27 bits per heavy atom. The molecule has 0 saturated carbocycles. The van der Waals surface area contributed by atoms with Gasteiger partial charge in [0.2, 0.25) is 11.8 Å². The number of hydrogen-bond donors (Lipinski definition) is 2. The predicted octanol–water partition coefficient (Wildman–Crippen LogP) is 6.87. The van der Waals surface area contributed by atoms with Crippen molar-refractivity contribution in [1.82, 2.24) is 0 Å². The van der Waals surface area contributed by atoms with Crippen molar-refractivity contribution >= 4 is 23.2 Å². The number of hydrogen-bond acceptors (Lipinski definition) is 2. The molecule has 37 heavy (non-hydrogen) atoms.